The lowest BCUT2D eigenvalue weighted by molar-refractivity contribution is -0.140. The van der Waals surface area contributed by atoms with Crippen molar-refractivity contribution in [3.63, 3.8) is 0 Å². The molecule has 0 saturated heterocycles. The van der Waals surface area contributed by atoms with E-state index in [1.807, 2.05) is 0 Å². The molecular formula is C14H21BrO2. The molecule has 0 fully saturated rings. The molecule has 0 aliphatic carbocycles. The maximum absolute atomic E-state index is 10.8. The maximum Gasteiger partial charge on any atom is 0.305 e. The van der Waals surface area contributed by atoms with Crippen molar-refractivity contribution in [1.29, 1.82) is 0 Å². The van der Waals surface area contributed by atoms with Crippen LogP contribution in [-0.2, 0) is 9.53 Å². The highest BCUT2D eigenvalue weighted by Crippen LogP contribution is 1.99. The summed E-state index contributed by atoms with van der Waals surface area (Å²) < 4.78 is 4.56. The van der Waals surface area contributed by atoms with Gasteiger partial charge in [-0.2, -0.15) is 0 Å². The first-order valence-corrected chi connectivity index (χ1v) is 7.01. The number of carbonyl (C=O) groups is 1. The Labute approximate surface area is 113 Å². The second-order valence-electron chi connectivity index (χ2n) is 3.51. The SMILES string of the molecule is COC(=O)CCC/C=C\C/C=C\C/C=C\CBr. The lowest BCUT2D eigenvalue weighted by Crippen LogP contribution is -1.98. The topological polar surface area (TPSA) is 26.3 Å². The highest BCUT2D eigenvalue weighted by Gasteiger charge is 1.96. The molecule has 17 heavy (non-hydrogen) atoms. The fourth-order valence-electron chi connectivity index (χ4n) is 1.19. The molecule has 0 rings (SSSR count). The predicted octanol–water partition coefficient (Wildman–Crippen LogP) is 4.17. The first-order chi connectivity index (χ1) is 8.31. The van der Waals surface area contributed by atoms with E-state index in [0.29, 0.717) is 6.42 Å². The van der Waals surface area contributed by atoms with E-state index in [-0.39, 0.29) is 5.97 Å². The van der Waals surface area contributed by atoms with Crippen LogP contribution in [0.2, 0.25) is 0 Å². The van der Waals surface area contributed by atoms with Gasteiger partial charge in [0.25, 0.3) is 0 Å². The Kier molecular flexibility index (Phi) is 12.6. The van der Waals surface area contributed by atoms with Gasteiger partial charge < -0.3 is 4.74 Å². The lowest BCUT2D eigenvalue weighted by Gasteiger charge is -1.95. The highest BCUT2D eigenvalue weighted by molar-refractivity contribution is 9.09. The van der Waals surface area contributed by atoms with Crippen LogP contribution in [0, 0.1) is 0 Å². The smallest absolute Gasteiger partial charge is 0.305 e. The number of methoxy groups -OCH3 is 1. The Hall–Kier alpha value is -0.830. The zero-order valence-electron chi connectivity index (χ0n) is 10.4. The van der Waals surface area contributed by atoms with Crippen LogP contribution in [-0.4, -0.2) is 18.4 Å². The Balaban J connectivity index is 3.36. The summed E-state index contributed by atoms with van der Waals surface area (Å²) in [4.78, 5) is 10.8. The molecule has 0 N–H and O–H groups in total. The van der Waals surface area contributed by atoms with E-state index < -0.39 is 0 Å². The summed E-state index contributed by atoms with van der Waals surface area (Å²) >= 11 is 3.33. The van der Waals surface area contributed by atoms with Crippen molar-refractivity contribution in [1.82, 2.24) is 0 Å². The van der Waals surface area contributed by atoms with Crippen molar-refractivity contribution in [3.8, 4) is 0 Å². The average molecular weight is 301 g/mol. The molecule has 3 heteroatoms. The Morgan fingerprint density at radius 2 is 1.65 bits per heavy atom. The number of rotatable bonds is 9. The van der Waals surface area contributed by atoms with Gasteiger partial charge >= 0.3 is 5.97 Å². The molecule has 0 aliphatic heterocycles. The third kappa shape index (κ3) is 13.1. The Morgan fingerprint density at radius 3 is 2.24 bits per heavy atom. The minimum atomic E-state index is -0.128. The van der Waals surface area contributed by atoms with Crippen LogP contribution in [0.25, 0.3) is 0 Å². The van der Waals surface area contributed by atoms with Gasteiger partial charge in [-0.1, -0.05) is 52.4 Å². The number of alkyl halides is 1. The number of hydrogen-bond acceptors (Lipinski definition) is 2. The van der Waals surface area contributed by atoms with Crippen molar-refractivity contribution >= 4 is 21.9 Å². The molecule has 0 unspecified atom stereocenters. The summed E-state index contributed by atoms with van der Waals surface area (Å²) in [6.45, 7) is 0. The zero-order chi connectivity index (χ0) is 12.8. The number of unbranched alkanes of at least 4 members (excludes halogenated alkanes) is 1. The predicted molar refractivity (Wildman–Crippen MR) is 76.3 cm³/mol. The van der Waals surface area contributed by atoms with Crippen molar-refractivity contribution in [2.45, 2.75) is 32.1 Å². The molecule has 0 aromatic rings. The molecular weight excluding hydrogens is 280 g/mol. The summed E-state index contributed by atoms with van der Waals surface area (Å²) in [6, 6.07) is 0. The number of allylic oxidation sites excluding steroid dienone is 6. The van der Waals surface area contributed by atoms with Crippen molar-refractivity contribution in [2.75, 3.05) is 12.4 Å². The largest absolute Gasteiger partial charge is 0.469 e. The summed E-state index contributed by atoms with van der Waals surface area (Å²) in [5.41, 5.74) is 0. The van der Waals surface area contributed by atoms with E-state index in [0.717, 1.165) is 31.0 Å². The molecule has 0 aromatic heterocycles. The minimum Gasteiger partial charge on any atom is -0.469 e. The van der Waals surface area contributed by atoms with Gasteiger partial charge in [-0.25, -0.2) is 0 Å². The number of esters is 1. The van der Waals surface area contributed by atoms with Crippen LogP contribution in [0.4, 0.5) is 0 Å². The normalized spacial score (nSPS) is 11.9. The third-order valence-corrected chi connectivity index (χ3v) is 2.49. The molecule has 0 atom stereocenters. The van der Waals surface area contributed by atoms with E-state index in [9.17, 15) is 4.79 Å². The fraction of sp³-hybridized carbons (Fsp3) is 0.500. The van der Waals surface area contributed by atoms with E-state index >= 15 is 0 Å². The van der Waals surface area contributed by atoms with E-state index in [1.54, 1.807) is 0 Å². The van der Waals surface area contributed by atoms with Gasteiger partial charge in [-0.05, 0) is 25.7 Å². The van der Waals surface area contributed by atoms with Gasteiger partial charge in [0.2, 0.25) is 0 Å². The van der Waals surface area contributed by atoms with Gasteiger partial charge in [-0.3, -0.25) is 4.79 Å². The number of hydrogen-bond donors (Lipinski definition) is 0. The van der Waals surface area contributed by atoms with Crippen LogP contribution in [0.1, 0.15) is 32.1 Å². The summed E-state index contributed by atoms with van der Waals surface area (Å²) in [7, 11) is 1.42. The van der Waals surface area contributed by atoms with Crippen LogP contribution in [0.5, 0.6) is 0 Å². The van der Waals surface area contributed by atoms with Gasteiger partial charge in [0, 0.05) is 11.8 Å². The quantitative estimate of drug-likeness (QED) is 0.276. The molecule has 0 spiro atoms. The van der Waals surface area contributed by atoms with Crippen molar-refractivity contribution < 1.29 is 9.53 Å². The Bertz CT molecular complexity index is 267. The van der Waals surface area contributed by atoms with Crippen LogP contribution in [0.15, 0.2) is 36.5 Å². The first kappa shape index (κ1) is 16.2. The molecule has 0 radical (unpaired) electrons. The molecule has 0 heterocycles. The van der Waals surface area contributed by atoms with Crippen molar-refractivity contribution in [3.05, 3.63) is 36.5 Å². The van der Waals surface area contributed by atoms with Crippen LogP contribution >= 0.6 is 15.9 Å². The molecule has 0 aliphatic rings. The standard InChI is InChI=1S/C14H21BrO2/c1-17-14(16)12-10-8-6-4-2-3-5-7-9-11-13-15/h3-6,9,11H,2,7-8,10,12-13H2,1H3/b5-3-,6-4-,11-9-. The first-order valence-electron chi connectivity index (χ1n) is 5.89. The van der Waals surface area contributed by atoms with E-state index in [2.05, 4.69) is 57.1 Å². The van der Waals surface area contributed by atoms with E-state index in [4.69, 9.17) is 0 Å². The van der Waals surface area contributed by atoms with Gasteiger partial charge in [-0.15, -0.1) is 0 Å². The zero-order valence-corrected chi connectivity index (χ0v) is 12.0. The summed E-state index contributed by atoms with van der Waals surface area (Å²) in [5, 5.41) is 0.918. The van der Waals surface area contributed by atoms with Crippen molar-refractivity contribution in [2.24, 2.45) is 0 Å². The van der Waals surface area contributed by atoms with E-state index in [1.165, 1.54) is 7.11 Å². The lowest BCUT2D eigenvalue weighted by atomic mass is 10.2. The van der Waals surface area contributed by atoms with Gasteiger partial charge in [0.1, 0.15) is 0 Å². The monoisotopic (exact) mass is 300 g/mol. The average Bonchev–Trinajstić information content (AvgIpc) is 2.35. The number of halogens is 1. The Morgan fingerprint density at radius 1 is 1.06 bits per heavy atom. The summed E-state index contributed by atoms with van der Waals surface area (Å²) in [6.07, 6.45) is 17.0. The second-order valence-corrected chi connectivity index (χ2v) is 4.16. The third-order valence-electron chi connectivity index (χ3n) is 2.11. The van der Waals surface area contributed by atoms with Gasteiger partial charge in [0.05, 0.1) is 7.11 Å². The van der Waals surface area contributed by atoms with Crippen LogP contribution < -0.4 is 0 Å². The molecule has 0 bridgehead atoms. The minimum absolute atomic E-state index is 0.128. The molecule has 0 amide bonds. The number of ether oxygens (including phenoxy) is 1. The molecule has 0 saturated carbocycles. The number of carbonyl (C=O) groups excluding carboxylic acids is 1. The fourth-order valence-corrected chi connectivity index (χ4v) is 1.45. The maximum atomic E-state index is 10.8. The second kappa shape index (κ2) is 13.2. The van der Waals surface area contributed by atoms with Gasteiger partial charge in [0.15, 0.2) is 0 Å². The summed E-state index contributed by atoms with van der Waals surface area (Å²) in [5.74, 6) is -0.128. The van der Waals surface area contributed by atoms with Crippen LogP contribution in [0.3, 0.4) is 0 Å². The molecule has 0 aromatic carbocycles. The highest BCUT2D eigenvalue weighted by atomic mass is 79.9. The molecule has 2 nitrogen and oxygen atoms in total. The molecule has 96 valence electrons.